The van der Waals surface area contributed by atoms with E-state index in [-0.39, 0.29) is 25.7 Å². The van der Waals surface area contributed by atoms with Crippen LogP contribution in [0.1, 0.15) is 16.7 Å². The van der Waals surface area contributed by atoms with Gasteiger partial charge in [-0.3, -0.25) is 9.78 Å². The number of fused-ring (bicyclic) bond motifs is 2. The van der Waals surface area contributed by atoms with E-state index in [9.17, 15) is 14.4 Å². The van der Waals surface area contributed by atoms with Crippen molar-refractivity contribution in [3.63, 3.8) is 0 Å². The van der Waals surface area contributed by atoms with Gasteiger partial charge in [0.1, 0.15) is 11.6 Å². The van der Waals surface area contributed by atoms with E-state index in [0.717, 1.165) is 11.1 Å². The number of amides is 1. The number of pyridine rings is 1. The number of carbonyl (C=O) groups is 1. The first-order valence-electron chi connectivity index (χ1n) is 9.26. The quantitative estimate of drug-likeness (QED) is 0.533. The first-order valence-corrected chi connectivity index (χ1v) is 9.26. The van der Waals surface area contributed by atoms with Gasteiger partial charge in [-0.25, -0.2) is 4.39 Å². The molecular weight excluding hydrogens is 389 g/mol. The maximum absolute atomic E-state index is 14.1. The third kappa shape index (κ3) is 2.98. The zero-order valence-electron chi connectivity index (χ0n) is 15.7. The van der Waals surface area contributed by atoms with E-state index < -0.39 is 11.7 Å². The Morgan fingerprint density at radius 1 is 1.20 bits per heavy atom. The molecule has 30 heavy (non-hydrogen) atoms. The molecule has 0 fully saturated rings. The van der Waals surface area contributed by atoms with E-state index in [1.165, 1.54) is 17.0 Å². The number of hydrogen-bond donors (Lipinski definition) is 1. The highest BCUT2D eigenvalue weighted by Crippen LogP contribution is 2.37. The Balaban J connectivity index is 1.56. The maximum Gasteiger partial charge on any atom is 0.281 e. The van der Waals surface area contributed by atoms with Crippen molar-refractivity contribution in [3.8, 4) is 16.9 Å². The summed E-state index contributed by atoms with van der Waals surface area (Å²) < 4.78 is 24.9. The van der Waals surface area contributed by atoms with Gasteiger partial charge in [-0.15, -0.1) is 0 Å². The van der Waals surface area contributed by atoms with Crippen LogP contribution in [0, 0.1) is 5.82 Å². The summed E-state index contributed by atoms with van der Waals surface area (Å²) in [6.07, 6.45) is 3.39. The number of rotatable bonds is 3. The second kappa shape index (κ2) is 7.23. The first-order chi connectivity index (χ1) is 14.7. The van der Waals surface area contributed by atoms with Gasteiger partial charge >= 0.3 is 0 Å². The lowest BCUT2D eigenvalue weighted by Gasteiger charge is -2.24. The van der Waals surface area contributed by atoms with Crippen molar-refractivity contribution >= 4 is 17.3 Å². The summed E-state index contributed by atoms with van der Waals surface area (Å²) in [6.45, 7) is 0.369. The van der Waals surface area contributed by atoms with E-state index in [2.05, 4.69) is 10.1 Å². The topological polar surface area (TPSA) is 84.2 Å². The second-order valence-electron chi connectivity index (χ2n) is 6.98. The molecule has 8 heteroatoms. The Morgan fingerprint density at radius 2 is 2.10 bits per heavy atom. The summed E-state index contributed by atoms with van der Waals surface area (Å²) in [6, 6.07) is 11.8. The monoisotopic (exact) mass is 405 g/mol. The molecule has 0 saturated carbocycles. The Bertz CT molecular complexity index is 1180. The Labute approximate surface area is 171 Å². The predicted octanol–water partition coefficient (Wildman–Crippen LogP) is 3.48. The van der Waals surface area contributed by atoms with Gasteiger partial charge in [-0.05, 0) is 35.9 Å². The number of aromatic nitrogens is 1. The van der Waals surface area contributed by atoms with Crippen LogP contribution in [0.2, 0.25) is 0 Å². The van der Waals surface area contributed by atoms with Crippen LogP contribution < -0.4 is 9.64 Å². The molecule has 0 spiro atoms. The molecule has 1 N–H and O–H groups in total. The number of carbonyl (C=O) groups excluding carboxylic acids is 1. The number of halogens is 1. The van der Waals surface area contributed by atoms with Crippen molar-refractivity contribution in [3.05, 3.63) is 77.4 Å². The van der Waals surface area contributed by atoms with Gasteiger partial charge in [0.25, 0.3) is 5.91 Å². The average molecular weight is 405 g/mol. The Kier molecular flexibility index (Phi) is 4.40. The zero-order chi connectivity index (χ0) is 20.7. The van der Waals surface area contributed by atoms with Crippen LogP contribution >= 0.6 is 0 Å². The first kappa shape index (κ1) is 18.3. The molecular formula is C22H16FN3O4. The van der Waals surface area contributed by atoms with E-state index in [1.54, 1.807) is 24.5 Å². The lowest BCUT2D eigenvalue weighted by Crippen LogP contribution is -2.30. The molecule has 0 atom stereocenters. The molecule has 3 aromatic rings. The second-order valence-corrected chi connectivity index (χ2v) is 6.98. The molecule has 7 nitrogen and oxygen atoms in total. The van der Waals surface area contributed by atoms with Gasteiger partial charge in [0.05, 0.1) is 18.8 Å². The van der Waals surface area contributed by atoms with Crippen molar-refractivity contribution in [1.82, 2.24) is 4.98 Å². The normalized spacial score (nSPS) is 16.4. The van der Waals surface area contributed by atoms with Crippen molar-refractivity contribution < 1.29 is 23.9 Å². The van der Waals surface area contributed by atoms with Gasteiger partial charge in [-0.2, -0.15) is 0 Å². The smallest absolute Gasteiger partial charge is 0.281 e. The van der Waals surface area contributed by atoms with Crippen LogP contribution in [0.25, 0.3) is 11.1 Å². The minimum Gasteiger partial charge on any atom is -0.467 e. The van der Waals surface area contributed by atoms with Gasteiger partial charge < -0.3 is 19.6 Å². The van der Waals surface area contributed by atoms with E-state index in [4.69, 9.17) is 9.47 Å². The zero-order valence-corrected chi connectivity index (χ0v) is 15.7. The number of anilines is 1. The van der Waals surface area contributed by atoms with Crippen LogP contribution in [-0.4, -0.2) is 28.6 Å². The van der Waals surface area contributed by atoms with Crippen molar-refractivity contribution in [2.75, 3.05) is 11.7 Å². The average Bonchev–Trinajstić information content (AvgIpc) is 3.04. The number of ether oxygens (including phenoxy) is 2. The minimum absolute atomic E-state index is 0.0635. The van der Waals surface area contributed by atoms with Crippen molar-refractivity contribution in [1.29, 1.82) is 0 Å². The third-order valence-electron chi connectivity index (χ3n) is 5.17. The highest BCUT2D eigenvalue weighted by atomic mass is 19.1. The molecule has 2 aliphatic rings. The molecule has 5 rings (SSSR count). The summed E-state index contributed by atoms with van der Waals surface area (Å²) in [7, 11) is 0. The number of nitrogens with zero attached hydrogens (tertiary/aromatic N) is 3. The Hall–Kier alpha value is -3.78. The van der Waals surface area contributed by atoms with Crippen LogP contribution in [0.5, 0.6) is 5.75 Å². The summed E-state index contributed by atoms with van der Waals surface area (Å²) >= 11 is 0. The van der Waals surface area contributed by atoms with Crippen LogP contribution in [-0.2, 0) is 22.7 Å². The maximum atomic E-state index is 14.1. The highest BCUT2D eigenvalue weighted by molar-refractivity contribution is 6.54. The fraction of sp³-hybridized carbons (Fsp3) is 0.136. The molecule has 150 valence electrons. The van der Waals surface area contributed by atoms with E-state index in [0.29, 0.717) is 28.1 Å². The number of oxime groups is 1. The fourth-order valence-corrected chi connectivity index (χ4v) is 3.82. The Morgan fingerprint density at radius 3 is 2.90 bits per heavy atom. The highest BCUT2D eigenvalue weighted by Gasteiger charge is 2.36. The van der Waals surface area contributed by atoms with E-state index >= 15 is 0 Å². The molecule has 3 heterocycles. The van der Waals surface area contributed by atoms with E-state index in [1.807, 2.05) is 18.2 Å². The molecule has 0 bridgehead atoms. The summed E-state index contributed by atoms with van der Waals surface area (Å²) in [4.78, 5) is 18.5. The summed E-state index contributed by atoms with van der Waals surface area (Å²) in [5, 5.41) is 12.7. The lowest BCUT2D eigenvalue weighted by atomic mass is 10.0. The molecule has 0 radical (unpaired) electrons. The van der Waals surface area contributed by atoms with Crippen molar-refractivity contribution in [2.24, 2.45) is 5.16 Å². The lowest BCUT2D eigenvalue weighted by molar-refractivity contribution is -0.112. The standard InChI is InChI=1S/C22H16FN3O4/c23-17-6-15(21-16(7-17)11-29-12-30-21)10-26-19-4-3-13(14-2-1-5-24-9-14)8-18(19)20(25-28)22(26)27/h1-9,28H,10-12H2/b25-20-. The van der Waals surface area contributed by atoms with Crippen LogP contribution in [0.15, 0.2) is 60.0 Å². The predicted molar refractivity (Wildman–Crippen MR) is 106 cm³/mol. The van der Waals surface area contributed by atoms with Crippen molar-refractivity contribution in [2.45, 2.75) is 13.2 Å². The minimum atomic E-state index is -0.471. The molecule has 1 aromatic heterocycles. The van der Waals surface area contributed by atoms with Gasteiger partial charge in [0, 0.05) is 34.6 Å². The van der Waals surface area contributed by atoms with Gasteiger partial charge in [0.15, 0.2) is 12.5 Å². The van der Waals surface area contributed by atoms with Gasteiger partial charge in [0.2, 0.25) is 0 Å². The molecule has 0 unspecified atom stereocenters. The summed E-state index contributed by atoms with van der Waals surface area (Å²) in [5.41, 5.74) is 3.82. The van der Waals surface area contributed by atoms with Gasteiger partial charge in [-0.1, -0.05) is 17.3 Å². The van der Waals surface area contributed by atoms with Crippen LogP contribution in [0.3, 0.4) is 0 Å². The third-order valence-corrected chi connectivity index (χ3v) is 5.17. The summed E-state index contributed by atoms with van der Waals surface area (Å²) in [5.74, 6) is -0.396. The molecule has 2 aliphatic heterocycles. The largest absolute Gasteiger partial charge is 0.467 e. The molecule has 0 saturated heterocycles. The van der Waals surface area contributed by atoms with Crippen LogP contribution in [0.4, 0.5) is 10.1 Å². The fourth-order valence-electron chi connectivity index (χ4n) is 3.82. The number of hydrogen-bond acceptors (Lipinski definition) is 6. The SMILES string of the molecule is O=C1/C(=N\O)c2cc(-c3cccnc3)ccc2N1Cc1cc(F)cc2c1OCOC2. The number of benzene rings is 2. The molecule has 2 aromatic carbocycles. The molecule has 1 amide bonds. The molecule has 0 aliphatic carbocycles.